The molecule has 1 aliphatic carbocycles. The van der Waals surface area contributed by atoms with E-state index in [-0.39, 0.29) is 5.54 Å². The molecular weight excluding hydrogens is 238 g/mol. The molecule has 18 heavy (non-hydrogen) atoms. The summed E-state index contributed by atoms with van der Waals surface area (Å²) in [7, 11) is 0. The highest BCUT2D eigenvalue weighted by molar-refractivity contribution is 8.00. The van der Waals surface area contributed by atoms with Gasteiger partial charge >= 0.3 is 0 Å². The van der Waals surface area contributed by atoms with Gasteiger partial charge in [-0.2, -0.15) is 11.8 Å². The summed E-state index contributed by atoms with van der Waals surface area (Å²) in [6, 6.07) is 9.54. The number of thioether (sulfide) groups is 1. The molecule has 0 spiro atoms. The van der Waals surface area contributed by atoms with E-state index >= 15 is 0 Å². The number of fused-ring (bicyclic) bond motifs is 3. The van der Waals surface area contributed by atoms with Gasteiger partial charge in [-0.15, -0.1) is 0 Å². The van der Waals surface area contributed by atoms with Gasteiger partial charge in [0.1, 0.15) is 0 Å². The molecule has 1 aliphatic heterocycles. The van der Waals surface area contributed by atoms with Crippen molar-refractivity contribution in [1.29, 1.82) is 0 Å². The van der Waals surface area contributed by atoms with Crippen LogP contribution in [0.3, 0.4) is 0 Å². The van der Waals surface area contributed by atoms with Crippen molar-refractivity contribution >= 4 is 11.8 Å². The zero-order valence-electron chi connectivity index (χ0n) is 11.8. The summed E-state index contributed by atoms with van der Waals surface area (Å²) in [4.78, 5) is 0. The van der Waals surface area contributed by atoms with E-state index in [9.17, 15) is 0 Å². The predicted octanol–water partition coefficient (Wildman–Crippen LogP) is 3.89. The molecule has 98 valence electrons. The molecule has 2 aliphatic rings. The number of hydrogen-bond donors (Lipinski definition) is 1. The number of hydrogen-bond acceptors (Lipinski definition) is 2. The second kappa shape index (κ2) is 4.01. The Hall–Kier alpha value is -0.470. The van der Waals surface area contributed by atoms with E-state index in [2.05, 4.69) is 69.0 Å². The molecule has 2 unspecified atom stereocenters. The van der Waals surface area contributed by atoms with E-state index in [1.54, 1.807) is 0 Å². The standard InChI is InChI=1S/C16H23NS/c1-15(2)9-13-14(17-16(3,4)10-18-13)11-7-5-6-8-12(11)15/h5-8,13-14,17H,9-10H2,1-4H3. The quantitative estimate of drug-likeness (QED) is 0.760. The van der Waals surface area contributed by atoms with Gasteiger partial charge in [0.25, 0.3) is 0 Å². The second-order valence-electron chi connectivity index (χ2n) is 7.03. The monoisotopic (exact) mass is 261 g/mol. The second-order valence-corrected chi connectivity index (χ2v) is 8.26. The molecule has 0 aromatic heterocycles. The van der Waals surface area contributed by atoms with Crippen molar-refractivity contribution in [3.8, 4) is 0 Å². The van der Waals surface area contributed by atoms with Crippen molar-refractivity contribution in [1.82, 2.24) is 5.32 Å². The van der Waals surface area contributed by atoms with Crippen LogP contribution in [0.1, 0.15) is 51.3 Å². The van der Waals surface area contributed by atoms with Crippen LogP contribution in [0.4, 0.5) is 0 Å². The third kappa shape index (κ3) is 2.00. The van der Waals surface area contributed by atoms with Gasteiger partial charge in [0.15, 0.2) is 0 Å². The van der Waals surface area contributed by atoms with Crippen LogP contribution in [0.2, 0.25) is 0 Å². The van der Waals surface area contributed by atoms with E-state index in [4.69, 9.17) is 0 Å². The topological polar surface area (TPSA) is 12.0 Å². The highest BCUT2D eigenvalue weighted by Gasteiger charge is 2.44. The minimum Gasteiger partial charge on any atom is -0.303 e. The Bertz CT molecular complexity index is 464. The lowest BCUT2D eigenvalue weighted by Crippen LogP contribution is -2.54. The lowest BCUT2D eigenvalue weighted by Gasteiger charge is -2.49. The smallest absolute Gasteiger partial charge is 0.0448 e. The fourth-order valence-electron chi connectivity index (χ4n) is 3.42. The van der Waals surface area contributed by atoms with Crippen LogP contribution in [-0.4, -0.2) is 16.5 Å². The third-order valence-electron chi connectivity index (χ3n) is 4.31. The first-order chi connectivity index (χ1) is 8.39. The minimum absolute atomic E-state index is 0.250. The average molecular weight is 261 g/mol. The fraction of sp³-hybridized carbons (Fsp3) is 0.625. The molecule has 1 heterocycles. The number of rotatable bonds is 0. The van der Waals surface area contributed by atoms with E-state index in [1.165, 1.54) is 23.3 Å². The highest BCUT2D eigenvalue weighted by Crippen LogP contribution is 2.49. The molecular formula is C16H23NS. The zero-order valence-corrected chi connectivity index (χ0v) is 12.6. The largest absolute Gasteiger partial charge is 0.303 e. The van der Waals surface area contributed by atoms with Gasteiger partial charge in [0, 0.05) is 22.6 Å². The minimum atomic E-state index is 0.250. The number of nitrogens with one attached hydrogen (secondary N) is 1. The van der Waals surface area contributed by atoms with Crippen LogP contribution in [0.25, 0.3) is 0 Å². The molecule has 1 N–H and O–H groups in total. The van der Waals surface area contributed by atoms with Crippen LogP contribution in [0.5, 0.6) is 0 Å². The van der Waals surface area contributed by atoms with Crippen molar-refractivity contribution in [2.45, 2.75) is 56.4 Å². The molecule has 2 atom stereocenters. The van der Waals surface area contributed by atoms with Crippen molar-refractivity contribution in [3.05, 3.63) is 35.4 Å². The van der Waals surface area contributed by atoms with E-state index in [0.717, 1.165) is 5.25 Å². The van der Waals surface area contributed by atoms with Crippen molar-refractivity contribution < 1.29 is 0 Å². The zero-order chi connectivity index (χ0) is 13.0. The van der Waals surface area contributed by atoms with Crippen molar-refractivity contribution in [2.24, 2.45) is 0 Å². The average Bonchev–Trinajstić information content (AvgIpc) is 2.30. The summed E-state index contributed by atoms with van der Waals surface area (Å²) in [6.07, 6.45) is 1.28. The normalized spacial score (nSPS) is 32.4. The van der Waals surface area contributed by atoms with Gasteiger partial charge in [-0.25, -0.2) is 0 Å². The van der Waals surface area contributed by atoms with Gasteiger partial charge in [-0.05, 0) is 36.8 Å². The van der Waals surface area contributed by atoms with Gasteiger partial charge < -0.3 is 5.32 Å². The van der Waals surface area contributed by atoms with Crippen molar-refractivity contribution in [3.63, 3.8) is 0 Å². The lowest BCUT2D eigenvalue weighted by molar-refractivity contribution is 0.295. The van der Waals surface area contributed by atoms with Crippen LogP contribution in [0.15, 0.2) is 24.3 Å². The maximum atomic E-state index is 3.87. The Balaban J connectivity index is 2.06. The van der Waals surface area contributed by atoms with Crippen LogP contribution in [-0.2, 0) is 5.41 Å². The van der Waals surface area contributed by atoms with Gasteiger partial charge in [0.05, 0.1) is 0 Å². The first-order valence-electron chi connectivity index (χ1n) is 6.88. The first kappa shape index (κ1) is 12.6. The summed E-state index contributed by atoms with van der Waals surface area (Å²) in [5.74, 6) is 1.21. The maximum Gasteiger partial charge on any atom is 0.0448 e. The summed E-state index contributed by atoms with van der Waals surface area (Å²) >= 11 is 2.16. The molecule has 2 heteroatoms. The molecule has 0 bridgehead atoms. The molecule has 0 radical (unpaired) electrons. The highest BCUT2D eigenvalue weighted by atomic mass is 32.2. The van der Waals surface area contributed by atoms with Gasteiger partial charge in [-0.1, -0.05) is 38.1 Å². The molecule has 0 saturated carbocycles. The van der Waals surface area contributed by atoms with E-state index in [0.29, 0.717) is 11.5 Å². The van der Waals surface area contributed by atoms with Crippen LogP contribution >= 0.6 is 11.8 Å². The molecule has 1 aromatic rings. The third-order valence-corrected chi connectivity index (χ3v) is 6.07. The van der Waals surface area contributed by atoms with Gasteiger partial charge in [0.2, 0.25) is 0 Å². The van der Waals surface area contributed by atoms with E-state index < -0.39 is 0 Å². The van der Waals surface area contributed by atoms with Crippen molar-refractivity contribution in [2.75, 3.05) is 5.75 Å². The summed E-state index contributed by atoms with van der Waals surface area (Å²) in [5, 5.41) is 4.59. The molecule has 1 nitrogen and oxygen atoms in total. The number of benzene rings is 1. The van der Waals surface area contributed by atoms with Gasteiger partial charge in [-0.3, -0.25) is 0 Å². The Kier molecular flexibility index (Phi) is 2.80. The Labute approximate surface area is 115 Å². The Morgan fingerprint density at radius 1 is 1.17 bits per heavy atom. The molecule has 1 saturated heterocycles. The summed E-state index contributed by atoms with van der Waals surface area (Å²) in [5.41, 5.74) is 3.63. The molecule has 1 fully saturated rings. The molecule has 0 amide bonds. The van der Waals surface area contributed by atoms with Crippen LogP contribution < -0.4 is 5.32 Å². The fourth-order valence-corrected chi connectivity index (χ4v) is 5.08. The van der Waals surface area contributed by atoms with Crippen LogP contribution in [0, 0.1) is 0 Å². The summed E-state index contributed by atoms with van der Waals surface area (Å²) < 4.78 is 0. The maximum absolute atomic E-state index is 3.87. The Morgan fingerprint density at radius 2 is 1.89 bits per heavy atom. The lowest BCUT2D eigenvalue weighted by atomic mass is 9.70. The van der Waals surface area contributed by atoms with E-state index in [1.807, 2.05) is 0 Å². The Morgan fingerprint density at radius 3 is 2.67 bits per heavy atom. The molecule has 1 aromatic carbocycles. The first-order valence-corrected chi connectivity index (χ1v) is 7.93. The SMILES string of the molecule is CC1(C)CSC2CC(C)(C)c3ccccc3C2N1. The predicted molar refractivity (Wildman–Crippen MR) is 80.3 cm³/mol. The molecule has 3 rings (SSSR count). The summed E-state index contributed by atoms with van der Waals surface area (Å²) in [6.45, 7) is 9.42.